The van der Waals surface area contributed by atoms with Gasteiger partial charge in [0.15, 0.2) is 11.6 Å². The summed E-state index contributed by atoms with van der Waals surface area (Å²) in [4.78, 5) is 248. The number of hydrogen-bond acceptors (Lipinski definition) is 20. The average Bonchev–Trinajstić information content (AvgIpc) is 1.63. The highest BCUT2D eigenvalue weighted by atomic mass is 32.2. The lowest BCUT2D eigenvalue weighted by Crippen LogP contribution is -2.59. The predicted molar refractivity (Wildman–Crippen MR) is 497 cm³/mol. The van der Waals surface area contributed by atoms with E-state index in [1.807, 2.05) is 6.92 Å². The van der Waals surface area contributed by atoms with Crippen molar-refractivity contribution in [3.05, 3.63) is 203 Å². The van der Waals surface area contributed by atoms with E-state index in [2.05, 4.69) is 41.9 Å². The third-order valence-corrected chi connectivity index (χ3v) is 24.8. The van der Waals surface area contributed by atoms with Gasteiger partial charge < -0.3 is 87.1 Å². The van der Waals surface area contributed by atoms with Gasteiger partial charge in [0.25, 0.3) is 6.47 Å². The quantitative estimate of drug-likeness (QED) is 0.0296. The highest BCUT2D eigenvalue weighted by molar-refractivity contribution is 8.00. The summed E-state index contributed by atoms with van der Waals surface area (Å²) >= 11 is 0.881. The van der Waals surface area contributed by atoms with Gasteiger partial charge in [-0.15, -0.1) is 11.8 Å². The summed E-state index contributed by atoms with van der Waals surface area (Å²) in [5.41, 5.74) is 9.89. The number of H-pyrrole nitrogens is 2. The van der Waals surface area contributed by atoms with Crippen LogP contribution < -0.4 is 37.6 Å². The Labute approximate surface area is 772 Å². The number of rotatable bonds is 25. The maximum Gasteiger partial charge on any atom is 0.293 e. The van der Waals surface area contributed by atoms with E-state index in [0.29, 0.717) is 68.0 Å². The van der Waals surface area contributed by atoms with Gasteiger partial charge in [-0.2, -0.15) is 0 Å². The zero-order valence-electron chi connectivity index (χ0n) is 76.2. The monoisotopic (exact) mass is 1830 g/mol. The average molecular weight is 1830 g/mol. The predicted octanol–water partition coefficient (Wildman–Crippen LogP) is 5.92. The molecule has 0 spiro atoms. The van der Waals surface area contributed by atoms with Crippen LogP contribution in [0, 0.1) is 23.7 Å². The minimum atomic E-state index is -1.58. The minimum Gasteiger partial charge on any atom is -0.508 e. The van der Waals surface area contributed by atoms with Gasteiger partial charge >= 0.3 is 0 Å². The Bertz CT molecular complexity index is 5360. The van der Waals surface area contributed by atoms with Crippen LogP contribution in [-0.4, -0.2) is 260 Å². The smallest absolute Gasteiger partial charge is 0.293 e. The number of para-hydroxylation sites is 1. The number of phenolic OH excluding ortho intramolecular Hbond substituents is 2. The summed E-state index contributed by atoms with van der Waals surface area (Å²) in [5.74, 6) is -16.4. The molecule has 0 saturated carbocycles. The van der Waals surface area contributed by atoms with E-state index < -0.39 is 211 Å². The minimum absolute atomic E-state index is 0.0668. The number of carbonyl (C=O) groups is 16. The van der Waals surface area contributed by atoms with E-state index in [9.17, 15) is 39.0 Å². The van der Waals surface area contributed by atoms with Crippen molar-refractivity contribution >= 4 is 128 Å². The molecule has 1 aliphatic rings. The van der Waals surface area contributed by atoms with Gasteiger partial charge in [0.05, 0.1) is 30.8 Å². The standard InChI is InChI=1S/C98H122N14O19S/c1-11-12-32-82-97(129)108(6)53-70(116)46-67(55-131-58-113)86(118)50-72(60(4)5)94(126)111(9)83(44-62-26-18-14-19-27-62)93(125)106-80(48-66-52-101-75-38-37-69(115)49-73(66)75)95(127)109(7)54-88(120)102-78(47-65-51-100-74-31-23-22-30-71(65)74)92(124)105-77(42-64-33-35-68(114)36-34-64)91(123)104-76(41-59(2)3)90(122)107-81(85(117)39-40-87(99)119)56-132-57-89(121)103-79(43-61-24-16-13-17-25-61)96(128)112(10)84(98(130)110(82)8)45-63-28-20-15-21-29-63/h13-31,33-38,49,51-52,58-60,67,72,76-84,100-101,114-115H,11-12,32,39-48,50,53-57H2,1-10H3,(H2,99,119)(H,102,120)(H,103,121)(H,104,123)(H,105,124)(H,106,125)(H,107,122)/t67-,72-,76-,77-,78-,79-,80-,81-,82-,83-,84-/m0/s1. The molecule has 0 aliphatic carbocycles. The topological polar surface area (TPSA) is 469 Å². The molecule has 0 unspecified atom stereocenters. The molecule has 8 aromatic rings. The van der Waals surface area contributed by atoms with E-state index in [-0.39, 0.29) is 81.0 Å². The molecule has 132 heavy (non-hydrogen) atoms. The number of nitrogens with two attached hydrogens (primary N) is 1. The number of benzene rings is 6. The number of ketones is 3. The zero-order valence-corrected chi connectivity index (χ0v) is 77.1. The second kappa shape index (κ2) is 49.5. The summed E-state index contributed by atoms with van der Waals surface area (Å²) in [6.07, 6.45) is 0.981. The highest BCUT2D eigenvalue weighted by Crippen LogP contribution is 2.29. The molecule has 33 nitrogen and oxygen atoms in total. The van der Waals surface area contributed by atoms with Crippen molar-refractivity contribution in [3.8, 4) is 11.5 Å². The lowest BCUT2D eigenvalue weighted by molar-refractivity contribution is -0.151. The third-order valence-electron chi connectivity index (χ3n) is 23.7. The van der Waals surface area contributed by atoms with E-state index in [0.717, 1.165) is 21.6 Å². The van der Waals surface area contributed by atoms with Crippen molar-refractivity contribution in [2.24, 2.45) is 29.4 Å². The molecule has 0 bridgehead atoms. The van der Waals surface area contributed by atoms with Crippen molar-refractivity contribution in [1.29, 1.82) is 0 Å². The Balaban J connectivity index is 1.12. The molecule has 11 atom stereocenters. The van der Waals surface area contributed by atoms with E-state index in [4.69, 9.17) is 10.5 Å². The summed E-state index contributed by atoms with van der Waals surface area (Å²) in [7, 11) is 6.82. The molecule has 1 saturated heterocycles. The van der Waals surface area contributed by atoms with Crippen LogP contribution in [0.5, 0.6) is 11.5 Å². The number of unbranched alkanes of at least 4 members (excludes halogenated alkanes) is 1. The number of primary amides is 1. The van der Waals surface area contributed by atoms with Crippen LogP contribution >= 0.6 is 11.8 Å². The van der Waals surface area contributed by atoms with Crippen molar-refractivity contribution in [3.63, 3.8) is 0 Å². The van der Waals surface area contributed by atoms with Crippen LogP contribution in [0.3, 0.4) is 0 Å². The van der Waals surface area contributed by atoms with Crippen LogP contribution in [0.1, 0.15) is 119 Å². The van der Waals surface area contributed by atoms with Crippen LogP contribution in [-0.2, 0) is 120 Å². The third kappa shape index (κ3) is 29.5. The SMILES string of the molecule is CCCC[C@H]1C(=O)N(C)CC(=O)C[C@@H](COC=O)C(=O)C[C@@H](C(C)C)C(=O)N(C)[C@@H](Cc2ccccc2)C(=O)N[C@@H](Cc2c[nH]c3ccc(O)cc23)C(=O)N(C)CC(=O)N[C@@H](Cc2c[nH]c3ccccc23)C(=O)N[C@@H](Cc2ccc(O)cc2)C(=O)N[C@@H](CC(C)C)C(=O)N[C@H](C(=O)CCC(N)=O)CSCC(=O)N[C@@H](Cc2ccccc2)C(=O)N(C)[C@@H](Cc2ccccc2)C(=O)N1C. The molecule has 12 amide bonds. The molecule has 2 aromatic heterocycles. The first kappa shape index (κ1) is 102. The number of fused-ring (bicyclic) bond motifs is 2. The lowest BCUT2D eigenvalue weighted by Gasteiger charge is -2.37. The fourth-order valence-corrected chi connectivity index (χ4v) is 17.1. The Morgan fingerprint density at radius 3 is 1.60 bits per heavy atom. The largest absolute Gasteiger partial charge is 0.508 e. The molecule has 12 N–H and O–H groups in total. The highest BCUT2D eigenvalue weighted by Gasteiger charge is 2.43. The van der Waals surface area contributed by atoms with Gasteiger partial charge in [0.2, 0.25) is 70.9 Å². The molecule has 3 heterocycles. The number of likely N-dealkylation sites (N-methyl/N-ethyl adjacent to an activating group) is 5. The number of aromatic nitrogens is 2. The Kier molecular flexibility index (Phi) is 38.3. The number of nitrogens with zero attached hydrogens (tertiary/aromatic N) is 5. The summed E-state index contributed by atoms with van der Waals surface area (Å²) in [6, 6.07) is 30.4. The molecule has 1 fully saturated rings. The second-order valence-corrected chi connectivity index (χ2v) is 35.7. The number of thioether (sulfide) groups is 1. The number of Topliss-reactive ketones (excluding diaryl/α,β-unsaturated/α-hetero) is 3. The van der Waals surface area contributed by atoms with Gasteiger partial charge in [0.1, 0.15) is 72.2 Å². The Morgan fingerprint density at radius 1 is 0.492 bits per heavy atom. The summed E-state index contributed by atoms with van der Waals surface area (Å²) in [5, 5.41) is 39.2. The molecule has 0 radical (unpaired) electrons. The van der Waals surface area contributed by atoms with Crippen molar-refractivity contribution in [2.45, 2.75) is 179 Å². The number of ether oxygens (including phenoxy) is 1. The molecule has 34 heteroatoms. The second-order valence-electron chi connectivity index (χ2n) is 34.6. The number of phenols is 2. The van der Waals surface area contributed by atoms with Crippen LogP contribution in [0.4, 0.5) is 0 Å². The number of aromatic hydroxyl groups is 2. The maximum absolute atomic E-state index is 15.6. The first-order valence-corrected chi connectivity index (χ1v) is 45.5. The van der Waals surface area contributed by atoms with Crippen LogP contribution in [0.2, 0.25) is 0 Å². The number of carbonyl (C=O) groups excluding carboxylic acids is 16. The van der Waals surface area contributed by atoms with Gasteiger partial charge in [-0.3, -0.25) is 76.7 Å². The van der Waals surface area contributed by atoms with Crippen molar-refractivity contribution in [1.82, 2.24) is 66.4 Å². The molecule has 9 rings (SSSR count). The van der Waals surface area contributed by atoms with Crippen molar-refractivity contribution < 1.29 is 91.7 Å². The normalized spacial score (nSPS) is 21.9. The fourth-order valence-electron chi connectivity index (χ4n) is 16.2. The van der Waals surface area contributed by atoms with E-state index in [1.165, 1.54) is 86.3 Å². The summed E-state index contributed by atoms with van der Waals surface area (Å²) in [6.45, 7) is 6.86. The number of hydrogen-bond donors (Lipinski definition) is 11. The first-order chi connectivity index (χ1) is 63.0. The number of amides is 12. The van der Waals surface area contributed by atoms with Gasteiger partial charge in [-0.05, 0) is 94.5 Å². The van der Waals surface area contributed by atoms with Crippen LogP contribution in [0.25, 0.3) is 21.8 Å². The molecular formula is C98H122N14O19S. The van der Waals surface area contributed by atoms with Gasteiger partial charge in [-0.1, -0.05) is 169 Å². The first-order valence-electron chi connectivity index (χ1n) is 44.3. The Hall–Kier alpha value is -13.5. The van der Waals surface area contributed by atoms with E-state index in [1.54, 1.807) is 161 Å². The molecule has 704 valence electrons. The lowest BCUT2D eigenvalue weighted by atomic mass is 9.84. The maximum atomic E-state index is 15.6. The number of nitrogens with one attached hydrogen (secondary N) is 8. The van der Waals surface area contributed by atoms with Gasteiger partial charge in [-0.25, -0.2) is 0 Å². The number of aromatic amines is 2. The molecular weight excluding hydrogens is 1710 g/mol. The fraction of sp³-hybridized carbons (Fsp3) is 0.429. The van der Waals surface area contributed by atoms with Crippen LogP contribution in [0.15, 0.2) is 170 Å². The van der Waals surface area contributed by atoms with Crippen molar-refractivity contribution in [2.75, 3.05) is 66.4 Å². The van der Waals surface area contributed by atoms with E-state index >= 15 is 47.9 Å². The molecule has 6 aromatic carbocycles. The molecule has 1 aliphatic heterocycles. The summed E-state index contributed by atoms with van der Waals surface area (Å²) < 4.78 is 5.17. The Morgan fingerprint density at radius 2 is 0.992 bits per heavy atom. The van der Waals surface area contributed by atoms with Gasteiger partial charge in [0, 0.05) is 145 Å². The zero-order chi connectivity index (χ0) is 96.0.